The smallest absolute Gasteiger partial charge is 0.127 e. The number of benzene rings is 2. The van der Waals surface area contributed by atoms with Crippen LogP contribution in [0.25, 0.3) is 0 Å². The topological polar surface area (TPSA) is 21.3 Å². The molecule has 0 spiro atoms. The molecule has 2 aromatic carbocycles. The van der Waals surface area contributed by atoms with Crippen LogP contribution in [0.2, 0.25) is 0 Å². The van der Waals surface area contributed by atoms with Crippen molar-refractivity contribution in [1.29, 1.82) is 0 Å². The third kappa shape index (κ3) is 2.73. The average molecular weight is 253 g/mol. The molecule has 0 saturated heterocycles. The summed E-state index contributed by atoms with van der Waals surface area (Å²) in [6, 6.07) is 16.2. The molecule has 0 aliphatic carbocycles. The first-order valence-electron chi connectivity index (χ1n) is 6.76. The van der Waals surface area contributed by atoms with Crippen LogP contribution in [0.1, 0.15) is 25.8 Å². The van der Waals surface area contributed by atoms with Crippen LogP contribution in [0, 0.1) is 0 Å². The van der Waals surface area contributed by atoms with Crippen LogP contribution in [0.4, 0.5) is 5.69 Å². The Morgan fingerprint density at radius 1 is 1.00 bits per heavy atom. The second-order valence-corrected chi connectivity index (χ2v) is 5.74. The van der Waals surface area contributed by atoms with Gasteiger partial charge in [-0.3, -0.25) is 0 Å². The summed E-state index contributed by atoms with van der Waals surface area (Å²) < 4.78 is 5.87. The number of fused-ring (bicyclic) bond motifs is 1. The van der Waals surface area contributed by atoms with Gasteiger partial charge in [0.25, 0.3) is 0 Å². The highest BCUT2D eigenvalue weighted by molar-refractivity contribution is 5.58. The van der Waals surface area contributed by atoms with E-state index < -0.39 is 0 Å². The van der Waals surface area contributed by atoms with Gasteiger partial charge in [-0.25, -0.2) is 0 Å². The van der Waals surface area contributed by atoms with Crippen molar-refractivity contribution >= 4 is 5.69 Å². The van der Waals surface area contributed by atoms with Crippen LogP contribution in [-0.2, 0) is 6.42 Å². The van der Waals surface area contributed by atoms with Crippen molar-refractivity contribution in [2.45, 2.75) is 32.2 Å². The van der Waals surface area contributed by atoms with E-state index in [9.17, 15) is 0 Å². The molecule has 0 atom stereocenters. The van der Waals surface area contributed by atoms with Gasteiger partial charge in [-0.05, 0) is 62.6 Å². The molecule has 0 bridgehead atoms. The third-order valence-corrected chi connectivity index (χ3v) is 3.55. The van der Waals surface area contributed by atoms with Crippen LogP contribution in [0.3, 0.4) is 0 Å². The largest absolute Gasteiger partial charge is 0.457 e. The molecular weight excluding hydrogens is 234 g/mol. The molecule has 0 unspecified atom stereocenters. The van der Waals surface area contributed by atoms with Gasteiger partial charge in [-0.15, -0.1) is 0 Å². The Bertz CT molecular complexity index is 575. The minimum atomic E-state index is 0.189. The van der Waals surface area contributed by atoms with Gasteiger partial charge in [0.15, 0.2) is 0 Å². The molecular formula is C17H19NO. The number of rotatable bonds is 2. The van der Waals surface area contributed by atoms with Crippen LogP contribution < -0.4 is 10.1 Å². The number of ether oxygens (including phenoxy) is 1. The Kier molecular flexibility index (Phi) is 2.94. The lowest BCUT2D eigenvalue weighted by Crippen LogP contribution is -2.35. The van der Waals surface area contributed by atoms with Gasteiger partial charge in [-0.2, -0.15) is 0 Å². The number of anilines is 1. The van der Waals surface area contributed by atoms with E-state index in [1.54, 1.807) is 0 Å². The second kappa shape index (κ2) is 4.61. The quantitative estimate of drug-likeness (QED) is 0.843. The lowest BCUT2D eigenvalue weighted by atomic mass is 9.89. The van der Waals surface area contributed by atoms with E-state index in [2.05, 4.69) is 31.3 Å². The Hall–Kier alpha value is -1.96. The minimum Gasteiger partial charge on any atom is -0.457 e. The SMILES string of the molecule is CC1(C)CCc2cc(Oc3ccccc3)ccc2N1. The highest BCUT2D eigenvalue weighted by atomic mass is 16.5. The first-order chi connectivity index (χ1) is 9.12. The molecule has 2 heteroatoms. The molecule has 98 valence electrons. The van der Waals surface area contributed by atoms with E-state index in [0.29, 0.717) is 0 Å². The monoisotopic (exact) mass is 253 g/mol. The molecule has 0 saturated carbocycles. The maximum atomic E-state index is 5.87. The lowest BCUT2D eigenvalue weighted by molar-refractivity contribution is 0.476. The van der Waals surface area contributed by atoms with Crippen molar-refractivity contribution in [2.24, 2.45) is 0 Å². The zero-order valence-electron chi connectivity index (χ0n) is 11.4. The Morgan fingerprint density at radius 2 is 1.79 bits per heavy atom. The Morgan fingerprint density at radius 3 is 2.58 bits per heavy atom. The summed E-state index contributed by atoms with van der Waals surface area (Å²) in [5.74, 6) is 1.79. The van der Waals surface area contributed by atoms with Crippen LogP contribution in [0.5, 0.6) is 11.5 Å². The van der Waals surface area contributed by atoms with Crippen molar-refractivity contribution in [1.82, 2.24) is 0 Å². The maximum Gasteiger partial charge on any atom is 0.127 e. The molecule has 19 heavy (non-hydrogen) atoms. The molecule has 2 aromatic rings. The highest BCUT2D eigenvalue weighted by Gasteiger charge is 2.24. The van der Waals surface area contributed by atoms with E-state index in [4.69, 9.17) is 4.74 Å². The summed E-state index contributed by atoms with van der Waals surface area (Å²) in [6.07, 6.45) is 2.25. The zero-order valence-corrected chi connectivity index (χ0v) is 11.4. The van der Waals surface area contributed by atoms with Crippen LogP contribution in [-0.4, -0.2) is 5.54 Å². The van der Waals surface area contributed by atoms with Gasteiger partial charge in [0, 0.05) is 11.2 Å². The number of hydrogen-bond acceptors (Lipinski definition) is 2. The predicted molar refractivity (Wildman–Crippen MR) is 79.0 cm³/mol. The fraction of sp³-hybridized carbons (Fsp3) is 0.294. The van der Waals surface area contributed by atoms with Gasteiger partial charge >= 0.3 is 0 Å². The lowest BCUT2D eigenvalue weighted by Gasteiger charge is -2.33. The zero-order chi connectivity index (χ0) is 13.3. The van der Waals surface area contributed by atoms with Crippen molar-refractivity contribution in [3.63, 3.8) is 0 Å². The van der Waals surface area contributed by atoms with Gasteiger partial charge in [0.1, 0.15) is 11.5 Å². The standard InChI is InChI=1S/C17H19NO/c1-17(2)11-10-13-12-15(8-9-16(13)18-17)19-14-6-4-3-5-7-14/h3-9,12,18H,10-11H2,1-2H3. The van der Waals surface area contributed by atoms with Gasteiger partial charge < -0.3 is 10.1 Å². The van der Waals surface area contributed by atoms with E-state index in [0.717, 1.165) is 24.3 Å². The van der Waals surface area contributed by atoms with E-state index in [-0.39, 0.29) is 5.54 Å². The van der Waals surface area contributed by atoms with Crippen molar-refractivity contribution in [3.8, 4) is 11.5 Å². The minimum absolute atomic E-state index is 0.189. The number of aryl methyl sites for hydroxylation is 1. The molecule has 3 rings (SSSR count). The van der Waals surface area contributed by atoms with Crippen molar-refractivity contribution in [3.05, 3.63) is 54.1 Å². The van der Waals surface area contributed by atoms with Crippen LogP contribution in [0.15, 0.2) is 48.5 Å². The molecule has 2 nitrogen and oxygen atoms in total. The highest BCUT2D eigenvalue weighted by Crippen LogP contribution is 2.33. The number of hydrogen-bond donors (Lipinski definition) is 1. The Labute approximate surface area is 114 Å². The second-order valence-electron chi connectivity index (χ2n) is 5.74. The molecule has 0 fully saturated rings. The van der Waals surface area contributed by atoms with Crippen molar-refractivity contribution in [2.75, 3.05) is 5.32 Å². The molecule has 0 radical (unpaired) electrons. The first-order valence-corrected chi connectivity index (χ1v) is 6.76. The summed E-state index contributed by atoms with van der Waals surface area (Å²) >= 11 is 0. The van der Waals surface area contributed by atoms with E-state index in [1.807, 2.05) is 36.4 Å². The van der Waals surface area contributed by atoms with Gasteiger partial charge in [-0.1, -0.05) is 18.2 Å². The molecule has 1 aliphatic heterocycles. The van der Waals surface area contributed by atoms with Gasteiger partial charge in [0.2, 0.25) is 0 Å². The normalized spacial score (nSPS) is 16.3. The fourth-order valence-corrected chi connectivity index (χ4v) is 2.46. The molecule has 0 aromatic heterocycles. The summed E-state index contributed by atoms with van der Waals surface area (Å²) in [4.78, 5) is 0. The van der Waals surface area contributed by atoms with Crippen molar-refractivity contribution < 1.29 is 4.74 Å². The number of para-hydroxylation sites is 1. The maximum absolute atomic E-state index is 5.87. The molecule has 1 N–H and O–H groups in total. The average Bonchev–Trinajstić information content (AvgIpc) is 2.39. The summed E-state index contributed by atoms with van der Waals surface area (Å²) in [7, 11) is 0. The molecule has 1 heterocycles. The first kappa shape index (κ1) is 12.1. The summed E-state index contributed by atoms with van der Waals surface area (Å²) in [5.41, 5.74) is 2.76. The summed E-state index contributed by atoms with van der Waals surface area (Å²) in [5, 5.41) is 3.57. The predicted octanol–water partition coefficient (Wildman–Crippen LogP) is 4.62. The molecule has 1 aliphatic rings. The van der Waals surface area contributed by atoms with E-state index >= 15 is 0 Å². The van der Waals surface area contributed by atoms with Gasteiger partial charge in [0.05, 0.1) is 0 Å². The van der Waals surface area contributed by atoms with E-state index in [1.165, 1.54) is 11.3 Å². The Balaban J connectivity index is 1.83. The third-order valence-electron chi connectivity index (χ3n) is 3.55. The fourth-order valence-electron chi connectivity index (χ4n) is 2.46. The molecule has 0 amide bonds. The van der Waals surface area contributed by atoms with Crippen LogP contribution >= 0.6 is 0 Å². The number of nitrogens with one attached hydrogen (secondary N) is 1. The summed E-state index contributed by atoms with van der Waals surface area (Å²) in [6.45, 7) is 4.48.